The van der Waals surface area contributed by atoms with Crippen molar-refractivity contribution < 1.29 is 14.6 Å². The molecule has 4 heteroatoms. The number of hydrogen-bond donors (Lipinski definition) is 1. The summed E-state index contributed by atoms with van der Waals surface area (Å²) in [6.45, 7) is 2.24. The number of allylic oxidation sites excluding steroid dienone is 1. The maximum atomic E-state index is 11.7. The topological polar surface area (TPSA) is 59.4 Å². The van der Waals surface area contributed by atoms with Crippen molar-refractivity contribution >= 4 is 11.5 Å². The van der Waals surface area contributed by atoms with E-state index >= 15 is 0 Å². The van der Waals surface area contributed by atoms with E-state index < -0.39 is 0 Å². The first-order valence-corrected chi connectivity index (χ1v) is 10.3. The standard InChI is InChI=1S/C24H27NO3/c1-2-28-24(27)13-17-8-6-16(7-9-17)12-19-15-23(18-10-11-20(26)14-18)25-22-5-3-4-21(19)22/h6-9,14-15,20,26H,2-5,10-13H2,1H3. The second-order valence-electron chi connectivity index (χ2n) is 7.72. The summed E-state index contributed by atoms with van der Waals surface area (Å²) in [5.74, 6) is -0.182. The lowest BCUT2D eigenvalue weighted by Crippen LogP contribution is -2.07. The van der Waals surface area contributed by atoms with Crippen LogP contribution in [0.4, 0.5) is 0 Å². The van der Waals surface area contributed by atoms with Crippen molar-refractivity contribution in [2.75, 3.05) is 6.61 Å². The first-order chi connectivity index (χ1) is 13.6. The third-order valence-electron chi connectivity index (χ3n) is 5.65. The number of aliphatic hydroxyl groups excluding tert-OH is 1. The van der Waals surface area contributed by atoms with Crippen molar-refractivity contribution in [1.82, 2.24) is 4.98 Å². The molecule has 146 valence electrons. The van der Waals surface area contributed by atoms with Crippen LogP contribution < -0.4 is 0 Å². The minimum atomic E-state index is -0.333. The van der Waals surface area contributed by atoms with Crippen LogP contribution in [0.1, 0.15) is 59.8 Å². The molecule has 0 fully saturated rings. The normalized spacial score (nSPS) is 18.1. The second kappa shape index (κ2) is 8.27. The highest BCUT2D eigenvalue weighted by Crippen LogP contribution is 2.32. The number of ether oxygens (including phenoxy) is 1. The van der Waals surface area contributed by atoms with E-state index in [2.05, 4.69) is 18.2 Å². The average Bonchev–Trinajstić information content (AvgIpc) is 3.32. The van der Waals surface area contributed by atoms with Crippen LogP contribution >= 0.6 is 0 Å². The fraction of sp³-hybridized carbons (Fsp3) is 0.417. The molecule has 0 radical (unpaired) electrons. The number of esters is 1. The summed E-state index contributed by atoms with van der Waals surface area (Å²) in [5, 5.41) is 9.84. The maximum absolute atomic E-state index is 11.7. The van der Waals surface area contributed by atoms with Crippen LogP contribution in [0.25, 0.3) is 5.57 Å². The van der Waals surface area contributed by atoms with Crippen molar-refractivity contribution in [2.45, 2.75) is 58.0 Å². The molecule has 0 saturated heterocycles. The van der Waals surface area contributed by atoms with E-state index in [0.717, 1.165) is 43.4 Å². The Bertz CT molecular complexity index is 899. The van der Waals surface area contributed by atoms with E-state index in [-0.39, 0.29) is 12.1 Å². The van der Waals surface area contributed by atoms with Gasteiger partial charge in [0.1, 0.15) is 0 Å². The number of carbonyl (C=O) groups is 1. The SMILES string of the molecule is CCOC(=O)Cc1ccc(Cc2cc(C3=CC(O)CC3)nc3c2CCC3)cc1. The molecule has 0 spiro atoms. The van der Waals surface area contributed by atoms with Gasteiger partial charge in [-0.2, -0.15) is 0 Å². The molecule has 28 heavy (non-hydrogen) atoms. The number of aliphatic hydroxyl groups is 1. The average molecular weight is 377 g/mol. The number of benzene rings is 1. The summed E-state index contributed by atoms with van der Waals surface area (Å²) >= 11 is 0. The van der Waals surface area contributed by atoms with E-state index in [0.29, 0.717) is 13.0 Å². The molecule has 2 aliphatic rings. The van der Waals surface area contributed by atoms with Crippen LogP contribution in [0.15, 0.2) is 36.4 Å². The molecule has 0 amide bonds. The number of aromatic nitrogens is 1. The molecule has 0 bridgehead atoms. The zero-order valence-electron chi connectivity index (χ0n) is 16.4. The highest BCUT2D eigenvalue weighted by Gasteiger charge is 2.21. The summed E-state index contributed by atoms with van der Waals surface area (Å²) in [6.07, 6.45) is 7.81. The van der Waals surface area contributed by atoms with Crippen molar-refractivity contribution in [3.05, 3.63) is 70.0 Å². The number of carbonyl (C=O) groups excluding carboxylic acids is 1. The van der Waals surface area contributed by atoms with Gasteiger partial charge in [0.2, 0.25) is 0 Å². The van der Waals surface area contributed by atoms with Gasteiger partial charge in [-0.15, -0.1) is 0 Å². The summed E-state index contributed by atoms with van der Waals surface area (Å²) < 4.78 is 5.02. The molecule has 4 rings (SSSR count). The molecule has 1 aromatic carbocycles. The number of pyridine rings is 1. The fourth-order valence-electron chi connectivity index (χ4n) is 4.24. The van der Waals surface area contributed by atoms with Crippen LogP contribution in [0.2, 0.25) is 0 Å². The molecule has 4 nitrogen and oxygen atoms in total. The van der Waals surface area contributed by atoms with Gasteiger partial charge in [-0.1, -0.05) is 30.3 Å². The first-order valence-electron chi connectivity index (χ1n) is 10.3. The maximum Gasteiger partial charge on any atom is 0.310 e. The van der Waals surface area contributed by atoms with Gasteiger partial charge in [0.25, 0.3) is 0 Å². The molecule has 2 aliphatic carbocycles. The lowest BCUT2D eigenvalue weighted by Gasteiger charge is -2.12. The van der Waals surface area contributed by atoms with E-state index in [9.17, 15) is 9.90 Å². The Morgan fingerprint density at radius 2 is 1.96 bits per heavy atom. The van der Waals surface area contributed by atoms with Gasteiger partial charge in [-0.3, -0.25) is 9.78 Å². The Morgan fingerprint density at radius 3 is 2.68 bits per heavy atom. The number of fused-ring (bicyclic) bond motifs is 1. The van der Waals surface area contributed by atoms with Gasteiger partial charge >= 0.3 is 5.97 Å². The smallest absolute Gasteiger partial charge is 0.310 e. The first kappa shape index (κ1) is 18.9. The van der Waals surface area contributed by atoms with Crippen molar-refractivity contribution in [3.63, 3.8) is 0 Å². The van der Waals surface area contributed by atoms with Gasteiger partial charge in [0, 0.05) is 5.69 Å². The molecule has 1 heterocycles. The van der Waals surface area contributed by atoms with Crippen LogP contribution in [-0.4, -0.2) is 28.8 Å². The Labute approximate surface area is 166 Å². The monoisotopic (exact) mass is 377 g/mol. The van der Waals surface area contributed by atoms with Crippen LogP contribution in [0.3, 0.4) is 0 Å². The number of aryl methyl sites for hydroxylation is 1. The highest BCUT2D eigenvalue weighted by atomic mass is 16.5. The quantitative estimate of drug-likeness (QED) is 0.778. The van der Waals surface area contributed by atoms with Crippen molar-refractivity contribution in [3.8, 4) is 0 Å². The van der Waals surface area contributed by atoms with Crippen molar-refractivity contribution in [2.24, 2.45) is 0 Å². The summed E-state index contributed by atoms with van der Waals surface area (Å²) in [6, 6.07) is 10.5. The largest absolute Gasteiger partial charge is 0.466 e. The fourth-order valence-corrected chi connectivity index (χ4v) is 4.24. The lowest BCUT2D eigenvalue weighted by molar-refractivity contribution is -0.142. The summed E-state index contributed by atoms with van der Waals surface area (Å²) in [7, 11) is 0. The van der Waals surface area contributed by atoms with Gasteiger partial charge in [0.15, 0.2) is 0 Å². The van der Waals surface area contributed by atoms with Gasteiger partial charge in [-0.05, 0) is 79.3 Å². The third-order valence-corrected chi connectivity index (χ3v) is 5.65. The zero-order chi connectivity index (χ0) is 19.5. The number of nitrogens with zero attached hydrogens (tertiary/aromatic N) is 1. The van der Waals surface area contributed by atoms with E-state index in [1.165, 1.54) is 34.4 Å². The zero-order valence-corrected chi connectivity index (χ0v) is 16.4. The predicted molar refractivity (Wildman–Crippen MR) is 109 cm³/mol. The van der Waals surface area contributed by atoms with E-state index in [1.807, 2.05) is 25.1 Å². The van der Waals surface area contributed by atoms with Gasteiger partial charge in [-0.25, -0.2) is 0 Å². The van der Waals surface area contributed by atoms with Crippen LogP contribution in [0.5, 0.6) is 0 Å². The summed E-state index contributed by atoms with van der Waals surface area (Å²) in [5.41, 5.74) is 8.40. The molecular weight excluding hydrogens is 350 g/mol. The Hall–Kier alpha value is -2.46. The minimum Gasteiger partial charge on any atom is -0.466 e. The molecule has 0 saturated carbocycles. The van der Waals surface area contributed by atoms with Gasteiger partial charge < -0.3 is 9.84 Å². The third kappa shape index (κ3) is 4.17. The van der Waals surface area contributed by atoms with Crippen LogP contribution in [-0.2, 0) is 35.2 Å². The predicted octanol–water partition coefficient (Wildman–Crippen LogP) is 3.80. The Kier molecular flexibility index (Phi) is 5.58. The molecule has 1 unspecified atom stereocenters. The molecule has 2 aromatic rings. The van der Waals surface area contributed by atoms with E-state index in [4.69, 9.17) is 9.72 Å². The minimum absolute atomic E-state index is 0.182. The Balaban J connectivity index is 1.55. The number of rotatable bonds is 6. The van der Waals surface area contributed by atoms with Crippen LogP contribution in [0, 0.1) is 0 Å². The Morgan fingerprint density at radius 1 is 1.18 bits per heavy atom. The summed E-state index contributed by atoms with van der Waals surface area (Å²) in [4.78, 5) is 16.6. The molecule has 1 atom stereocenters. The number of hydrogen-bond acceptors (Lipinski definition) is 4. The molecule has 1 N–H and O–H groups in total. The molecular formula is C24H27NO3. The van der Waals surface area contributed by atoms with Gasteiger partial charge in [0.05, 0.1) is 24.8 Å². The van der Waals surface area contributed by atoms with Crippen molar-refractivity contribution in [1.29, 1.82) is 0 Å². The molecule has 0 aliphatic heterocycles. The second-order valence-corrected chi connectivity index (χ2v) is 7.72. The highest BCUT2D eigenvalue weighted by molar-refractivity contribution is 5.72. The lowest BCUT2D eigenvalue weighted by atomic mass is 9.96. The van der Waals surface area contributed by atoms with E-state index in [1.54, 1.807) is 0 Å². The molecule has 1 aromatic heterocycles.